The smallest absolute Gasteiger partial charge is 0.276 e. The number of nitrogens with one attached hydrogen (secondary N) is 1. The third kappa shape index (κ3) is 4.52. The fourth-order valence-electron chi connectivity index (χ4n) is 3.63. The Labute approximate surface area is 175 Å². The maximum atomic E-state index is 12.5. The van der Waals surface area contributed by atoms with Crippen LogP contribution in [0.1, 0.15) is 35.5 Å². The lowest BCUT2D eigenvalue weighted by molar-refractivity contribution is -0.122. The highest BCUT2D eigenvalue weighted by molar-refractivity contribution is 7.80. The number of fused-ring (bicyclic) bond motifs is 1. The molecule has 1 aliphatic heterocycles. The van der Waals surface area contributed by atoms with Gasteiger partial charge in [0.2, 0.25) is 0 Å². The van der Waals surface area contributed by atoms with E-state index in [9.17, 15) is 4.79 Å². The van der Waals surface area contributed by atoms with Crippen LogP contribution in [0.5, 0.6) is 5.75 Å². The number of ether oxygens (including phenoxy) is 2. The zero-order chi connectivity index (χ0) is 20.2. The number of amides is 1. The number of carbonyl (C=O) groups excluding carboxylic acids is 1. The molecular weight excluding hydrogens is 388 g/mol. The van der Waals surface area contributed by atoms with Gasteiger partial charge in [0.25, 0.3) is 5.91 Å². The van der Waals surface area contributed by atoms with Crippen LogP contribution < -0.4 is 10.1 Å². The van der Waals surface area contributed by atoms with Gasteiger partial charge in [0.1, 0.15) is 29.6 Å². The largest absolute Gasteiger partial charge is 0.486 e. The van der Waals surface area contributed by atoms with Crippen molar-refractivity contribution in [2.75, 3.05) is 20.3 Å². The Morgan fingerprint density at radius 2 is 2.10 bits per heavy atom. The molecule has 1 aromatic heterocycles. The van der Waals surface area contributed by atoms with Crippen LogP contribution in [-0.4, -0.2) is 36.2 Å². The first-order chi connectivity index (χ1) is 14.1. The number of aryl methyl sites for hydroxylation is 2. The molecule has 7 heteroatoms. The quantitative estimate of drug-likeness (QED) is 0.407. The van der Waals surface area contributed by atoms with Gasteiger partial charge < -0.3 is 19.2 Å². The van der Waals surface area contributed by atoms with Crippen LogP contribution in [0.3, 0.4) is 0 Å². The average Bonchev–Trinajstić information content (AvgIpc) is 3.42. The lowest BCUT2D eigenvalue weighted by Crippen LogP contribution is -2.32. The van der Waals surface area contributed by atoms with E-state index in [1.807, 2.05) is 18.2 Å². The zero-order valence-corrected chi connectivity index (χ0v) is 17.2. The van der Waals surface area contributed by atoms with Crippen molar-refractivity contribution in [3.05, 3.63) is 58.7 Å². The number of furan rings is 1. The van der Waals surface area contributed by atoms with Gasteiger partial charge in [-0.25, -0.2) is 0 Å². The number of rotatable bonds is 8. The normalized spacial score (nSPS) is 17.1. The van der Waals surface area contributed by atoms with Gasteiger partial charge in [0, 0.05) is 26.3 Å². The molecule has 4 rings (SSSR count). The molecule has 0 spiro atoms. The summed E-state index contributed by atoms with van der Waals surface area (Å²) in [5, 5.41) is 3.36. The molecule has 2 aliphatic rings. The van der Waals surface area contributed by atoms with E-state index < -0.39 is 0 Å². The van der Waals surface area contributed by atoms with Crippen molar-refractivity contribution in [3.63, 3.8) is 0 Å². The molecule has 1 aromatic carbocycles. The van der Waals surface area contributed by atoms with E-state index in [0.29, 0.717) is 42.1 Å². The molecule has 1 saturated heterocycles. The highest BCUT2D eigenvalue weighted by Gasteiger charge is 2.30. The van der Waals surface area contributed by atoms with Crippen molar-refractivity contribution >= 4 is 29.3 Å². The number of thiocarbonyl (C=S) groups is 1. The van der Waals surface area contributed by atoms with E-state index in [1.165, 1.54) is 17.5 Å². The number of hydrogen-bond acceptors (Lipinski definition) is 5. The van der Waals surface area contributed by atoms with Crippen LogP contribution in [0.4, 0.5) is 0 Å². The first kappa shape index (κ1) is 19.7. The molecule has 0 radical (unpaired) electrons. The molecule has 1 aliphatic carbocycles. The summed E-state index contributed by atoms with van der Waals surface area (Å²) in [5.74, 6) is 1.97. The predicted octanol–water partition coefficient (Wildman–Crippen LogP) is 3.44. The van der Waals surface area contributed by atoms with E-state index in [1.54, 1.807) is 18.1 Å². The molecule has 0 saturated carbocycles. The van der Waals surface area contributed by atoms with Crippen molar-refractivity contribution in [3.8, 4) is 5.75 Å². The summed E-state index contributed by atoms with van der Waals surface area (Å²) in [5.41, 5.74) is 3.21. The van der Waals surface area contributed by atoms with Gasteiger partial charge >= 0.3 is 0 Å². The maximum absolute atomic E-state index is 12.5. The van der Waals surface area contributed by atoms with Crippen molar-refractivity contribution in [1.82, 2.24) is 10.2 Å². The minimum absolute atomic E-state index is 0.154. The standard InChI is InChI=1S/C22H24N2O4S/c1-26-11-3-10-24-21(25)20(23-22(24)29)13-18-8-9-19(28-18)14-27-17-7-6-15-4-2-5-16(15)12-17/h6-9,12-13H,2-5,10-11,14H2,1H3,(H,23,29)/b20-13+. The minimum atomic E-state index is -0.154. The molecule has 1 N–H and O–H groups in total. The number of carbonyl (C=O) groups is 1. The van der Waals surface area contributed by atoms with E-state index >= 15 is 0 Å². The van der Waals surface area contributed by atoms with Crippen LogP contribution in [0.2, 0.25) is 0 Å². The van der Waals surface area contributed by atoms with Crippen molar-refractivity contribution in [1.29, 1.82) is 0 Å². The second kappa shape index (κ2) is 8.80. The third-order valence-corrected chi connectivity index (χ3v) is 5.44. The monoisotopic (exact) mass is 412 g/mol. The van der Waals surface area contributed by atoms with Crippen LogP contribution in [0.25, 0.3) is 6.08 Å². The molecule has 0 unspecified atom stereocenters. The van der Waals surface area contributed by atoms with Crippen molar-refractivity contribution < 1.29 is 18.7 Å². The number of methoxy groups -OCH3 is 1. The molecule has 1 fully saturated rings. The lowest BCUT2D eigenvalue weighted by atomic mass is 10.1. The molecule has 0 atom stereocenters. The van der Waals surface area contributed by atoms with E-state index in [4.69, 9.17) is 26.1 Å². The zero-order valence-electron chi connectivity index (χ0n) is 16.4. The van der Waals surface area contributed by atoms with Crippen LogP contribution in [0.15, 0.2) is 40.4 Å². The molecule has 1 amide bonds. The second-order valence-corrected chi connectivity index (χ2v) is 7.55. The van der Waals surface area contributed by atoms with Crippen LogP contribution in [-0.2, 0) is 29.0 Å². The van der Waals surface area contributed by atoms with Crippen molar-refractivity contribution in [2.24, 2.45) is 0 Å². The Morgan fingerprint density at radius 3 is 2.97 bits per heavy atom. The highest BCUT2D eigenvalue weighted by atomic mass is 32.1. The minimum Gasteiger partial charge on any atom is -0.486 e. The molecule has 0 bridgehead atoms. The van der Waals surface area contributed by atoms with Crippen molar-refractivity contribution in [2.45, 2.75) is 32.3 Å². The lowest BCUT2D eigenvalue weighted by Gasteiger charge is -2.12. The summed E-state index contributed by atoms with van der Waals surface area (Å²) in [7, 11) is 1.64. The summed E-state index contributed by atoms with van der Waals surface area (Å²) in [6, 6.07) is 9.95. The fourth-order valence-corrected chi connectivity index (χ4v) is 3.91. The predicted molar refractivity (Wildman–Crippen MR) is 113 cm³/mol. The first-order valence-corrected chi connectivity index (χ1v) is 10.2. The summed E-state index contributed by atoms with van der Waals surface area (Å²) in [6.45, 7) is 1.44. The molecule has 6 nitrogen and oxygen atoms in total. The Morgan fingerprint density at radius 1 is 1.24 bits per heavy atom. The number of hydrogen-bond donors (Lipinski definition) is 1. The van der Waals surface area contributed by atoms with Gasteiger partial charge in [0.05, 0.1) is 0 Å². The van der Waals surface area contributed by atoms with Gasteiger partial charge in [-0.15, -0.1) is 0 Å². The Kier molecular flexibility index (Phi) is 5.97. The number of benzene rings is 1. The highest BCUT2D eigenvalue weighted by Crippen LogP contribution is 2.26. The summed E-state index contributed by atoms with van der Waals surface area (Å²) in [6.07, 6.45) is 5.89. The third-order valence-electron chi connectivity index (χ3n) is 5.11. The van der Waals surface area contributed by atoms with E-state index in [0.717, 1.165) is 25.0 Å². The van der Waals surface area contributed by atoms with Gasteiger partial charge in [0.15, 0.2) is 5.11 Å². The molecule has 152 valence electrons. The first-order valence-electron chi connectivity index (χ1n) is 9.81. The second-order valence-electron chi connectivity index (χ2n) is 7.17. The number of nitrogens with zero attached hydrogens (tertiary/aromatic N) is 1. The Bertz CT molecular complexity index is 950. The summed E-state index contributed by atoms with van der Waals surface area (Å²) in [4.78, 5) is 14.1. The Balaban J connectivity index is 1.36. The molecule has 29 heavy (non-hydrogen) atoms. The average molecular weight is 413 g/mol. The van der Waals surface area contributed by atoms with Crippen LogP contribution in [0, 0.1) is 0 Å². The summed E-state index contributed by atoms with van der Waals surface area (Å²) < 4.78 is 16.7. The van der Waals surface area contributed by atoms with Gasteiger partial charge in [-0.05, 0) is 73.3 Å². The Hall–Kier alpha value is -2.64. The summed E-state index contributed by atoms with van der Waals surface area (Å²) >= 11 is 5.26. The van der Waals surface area contributed by atoms with Gasteiger partial charge in [-0.1, -0.05) is 6.07 Å². The van der Waals surface area contributed by atoms with Crippen LogP contribution >= 0.6 is 12.2 Å². The van der Waals surface area contributed by atoms with Gasteiger partial charge in [-0.3, -0.25) is 9.69 Å². The van der Waals surface area contributed by atoms with Gasteiger partial charge in [-0.2, -0.15) is 0 Å². The van der Waals surface area contributed by atoms with E-state index in [2.05, 4.69) is 17.4 Å². The molecular formula is C22H24N2O4S. The van der Waals surface area contributed by atoms with E-state index in [-0.39, 0.29) is 5.91 Å². The fraction of sp³-hybridized carbons (Fsp3) is 0.364. The maximum Gasteiger partial charge on any atom is 0.276 e. The topological polar surface area (TPSA) is 63.9 Å². The molecule has 2 heterocycles. The SMILES string of the molecule is COCCCN1C(=O)/C(=C\c2ccc(COc3ccc4c(c3)CCC4)o2)NC1=S. The molecule has 2 aromatic rings.